The molecule has 0 aromatic heterocycles. The van der Waals surface area contributed by atoms with Crippen LogP contribution >= 0.6 is 15.9 Å². The summed E-state index contributed by atoms with van der Waals surface area (Å²) in [4.78, 5) is 0. The minimum Gasteiger partial charge on any atom is -0.385 e. The van der Waals surface area contributed by atoms with Crippen molar-refractivity contribution in [2.45, 2.75) is 24.5 Å². The summed E-state index contributed by atoms with van der Waals surface area (Å²) in [6, 6.07) is 4.89. The zero-order chi connectivity index (χ0) is 13.2. The van der Waals surface area contributed by atoms with E-state index in [1.54, 1.807) is 25.3 Å². The monoisotopic (exact) mass is 318 g/mol. The van der Waals surface area contributed by atoms with E-state index in [1.807, 2.05) is 0 Å². The maximum absolute atomic E-state index is 14.0. The number of rotatable bonds is 3. The van der Waals surface area contributed by atoms with Crippen LogP contribution in [0.25, 0.3) is 0 Å². The Morgan fingerprint density at radius 3 is 2.72 bits per heavy atom. The van der Waals surface area contributed by atoms with Crippen LogP contribution < -0.4 is 0 Å². The number of hydrogen-bond donors (Lipinski definition) is 1. The third-order valence-electron chi connectivity index (χ3n) is 3.52. The quantitative estimate of drug-likeness (QED) is 0.931. The predicted molar refractivity (Wildman–Crippen MR) is 68.9 cm³/mol. The van der Waals surface area contributed by atoms with Gasteiger partial charge in [-0.1, -0.05) is 12.1 Å². The number of hydrogen-bond acceptors (Lipinski definition) is 3. The Kier molecular flexibility index (Phi) is 4.37. The predicted octanol–water partition coefficient (Wildman–Crippen LogP) is 2.82. The van der Waals surface area contributed by atoms with E-state index < -0.39 is 17.5 Å². The van der Waals surface area contributed by atoms with Gasteiger partial charge in [-0.05, 0) is 22.0 Å². The van der Waals surface area contributed by atoms with Gasteiger partial charge in [0.05, 0.1) is 4.47 Å². The summed E-state index contributed by atoms with van der Waals surface area (Å²) >= 11 is 3.13. The van der Waals surface area contributed by atoms with E-state index in [0.717, 1.165) is 0 Å². The lowest BCUT2D eigenvalue weighted by Gasteiger charge is -2.39. The summed E-state index contributed by atoms with van der Waals surface area (Å²) in [5.41, 5.74) is -0.506. The average Bonchev–Trinajstić information content (AvgIpc) is 2.42. The molecule has 0 aliphatic carbocycles. The topological polar surface area (TPSA) is 38.7 Å². The molecule has 1 fully saturated rings. The molecule has 1 unspecified atom stereocenters. The first kappa shape index (κ1) is 13.9. The number of aliphatic hydroxyl groups excluding tert-OH is 1. The van der Waals surface area contributed by atoms with Crippen molar-refractivity contribution >= 4 is 15.9 Å². The summed E-state index contributed by atoms with van der Waals surface area (Å²) in [6.07, 6.45) is 0.108. The van der Waals surface area contributed by atoms with Crippen molar-refractivity contribution < 1.29 is 19.0 Å². The highest BCUT2D eigenvalue weighted by atomic mass is 79.9. The fourth-order valence-electron chi connectivity index (χ4n) is 2.32. The highest BCUT2D eigenvalue weighted by Gasteiger charge is 2.41. The number of halogens is 2. The van der Waals surface area contributed by atoms with Crippen LogP contribution in [-0.4, -0.2) is 31.0 Å². The molecule has 1 saturated heterocycles. The van der Waals surface area contributed by atoms with Crippen LogP contribution in [0.4, 0.5) is 4.39 Å². The van der Waals surface area contributed by atoms with E-state index in [1.165, 1.54) is 0 Å². The summed E-state index contributed by atoms with van der Waals surface area (Å²) in [5.74, 6) is -0.437. The maximum Gasteiger partial charge on any atom is 0.143 e. The number of aliphatic hydroxyl groups is 1. The average molecular weight is 319 g/mol. The molecule has 1 N–H and O–H groups in total. The van der Waals surface area contributed by atoms with Gasteiger partial charge >= 0.3 is 0 Å². The standard InChI is InChI=1S/C13H16BrFO3/c1-17-13(5-7-18-8-6-13)12(16)9-3-2-4-10(14)11(9)15/h2-4,12,16H,5-8H2,1H3. The van der Waals surface area contributed by atoms with Crippen LogP contribution in [0.5, 0.6) is 0 Å². The van der Waals surface area contributed by atoms with E-state index in [2.05, 4.69) is 15.9 Å². The minimum atomic E-state index is -0.996. The van der Waals surface area contributed by atoms with E-state index in [0.29, 0.717) is 30.5 Å². The molecule has 18 heavy (non-hydrogen) atoms. The Hall–Kier alpha value is -0.490. The van der Waals surface area contributed by atoms with Crippen molar-refractivity contribution in [2.24, 2.45) is 0 Å². The first-order valence-corrected chi connectivity index (χ1v) is 6.65. The second-order valence-corrected chi connectivity index (χ2v) is 5.28. The van der Waals surface area contributed by atoms with Gasteiger partial charge in [0.15, 0.2) is 0 Å². The first-order valence-electron chi connectivity index (χ1n) is 5.85. The van der Waals surface area contributed by atoms with E-state index in [-0.39, 0.29) is 5.56 Å². The Bertz CT molecular complexity index is 419. The van der Waals surface area contributed by atoms with Gasteiger partial charge in [0.25, 0.3) is 0 Å². The Balaban J connectivity index is 2.33. The SMILES string of the molecule is COC1(C(O)c2cccc(Br)c2F)CCOCC1. The third kappa shape index (κ3) is 2.45. The summed E-state index contributed by atoms with van der Waals surface area (Å²) in [7, 11) is 1.55. The van der Waals surface area contributed by atoms with E-state index >= 15 is 0 Å². The van der Waals surface area contributed by atoms with E-state index in [9.17, 15) is 9.50 Å². The molecule has 5 heteroatoms. The molecule has 0 radical (unpaired) electrons. The Labute approximate surface area is 114 Å². The van der Waals surface area contributed by atoms with Gasteiger partial charge in [0.1, 0.15) is 17.5 Å². The van der Waals surface area contributed by atoms with Gasteiger partial charge in [-0.2, -0.15) is 0 Å². The molecule has 1 aromatic rings. The lowest BCUT2D eigenvalue weighted by Crippen LogP contribution is -2.44. The zero-order valence-electron chi connectivity index (χ0n) is 10.2. The molecule has 3 nitrogen and oxygen atoms in total. The van der Waals surface area contributed by atoms with Crippen LogP contribution in [0.3, 0.4) is 0 Å². The second kappa shape index (κ2) is 5.65. The van der Waals surface area contributed by atoms with Gasteiger partial charge in [-0.15, -0.1) is 0 Å². The van der Waals surface area contributed by atoms with Gasteiger partial charge < -0.3 is 14.6 Å². The number of benzene rings is 1. The van der Waals surface area contributed by atoms with Gasteiger partial charge in [-0.3, -0.25) is 0 Å². The summed E-state index contributed by atoms with van der Waals surface area (Å²) in [6.45, 7) is 1.03. The zero-order valence-corrected chi connectivity index (χ0v) is 11.7. The highest BCUT2D eigenvalue weighted by molar-refractivity contribution is 9.10. The maximum atomic E-state index is 14.0. The molecule has 1 aliphatic heterocycles. The van der Waals surface area contributed by atoms with Crippen molar-refractivity contribution in [3.8, 4) is 0 Å². The molecule has 0 saturated carbocycles. The van der Waals surface area contributed by atoms with Crippen LogP contribution in [-0.2, 0) is 9.47 Å². The van der Waals surface area contributed by atoms with Gasteiger partial charge in [0, 0.05) is 38.7 Å². The largest absolute Gasteiger partial charge is 0.385 e. The highest BCUT2D eigenvalue weighted by Crippen LogP contribution is 2.39. The molecule has 1 aromatic carbocycles. The van der Waals surface area contributed by atoms with Gasteiger partial charge in [-0.25, -0.2) is 4.39 Å². The fourth-order valence-corrected chi connectivity index (χ4v) is 2.70. The third-order valence-corrected chi connectivity index (χ3v) is 4.13. The van der Waals surface area contributed by atoms with Crippen molar-refractivity contribution in [3.05, 3.63) is 34.1 Å². The second-order valence-electron chi connectivity index (χ2n) is 4.43. The molecule has 1 atom stereocenters. The van der Waals surface area contributed by atoms with Crippen molar-refractivity contribution in [3.63, 3.8) is 0 Å². The van der Waals surface area contributed by atoms with Crippen LogP contribution in [0.1, 0.15) is 24.5 Å². The molecule has 0 amide bonds. The van der Waals surface area contributed by atoms with Crippen molar-refractivity contribution in [1.82, 2.24) is 0 Å². The molecular weight excluding hydrogens is 303 g/mol. The smallest absolute Gasteiger partial charge is 0.143 e. The van der Waals surface area contributed by atoms with Crippen molar-refractivity contribution in [2.75, 3.05) is 20.3 Å². The molecule has 1 heterocycles. The lowest BCUT2D eigenvalue weighted by molar-refractivity contribution is -0.155. The molecule has 0 bridgehead atoms. The molecule has 2 rings (SSSR count). The van der Waals surface area contributed by atoms with E-state index in [4.69, 9.17) is 9.47 Å². The number of methoxy groups -OCH3 is 1. The molecule has 1 aliphatic rings. The van der Waals surface area contributed by atoms with Gasteiger partial charge in [0.2, 0.25) is 0 Å². The minimum absolute atomic E-state index is 0.258. The fraction of sp³-hybridized carbons (Fsp3) is 0.538. The Morgan fingerprint density at radius 2 is 2.11 bits per heavy atom. The van der Waals surface area contributed by atoms with Crippen LogP contribution in [0.2, 0.25) is 0 Å². The first-order chi connectivity index (χ1) is 8.60. The summed E-state index contributed by atoms with van der Waals surface area (Å²) < 4.78 is 25.1. The lowest BCUT2D eigenvalue weighted by atomic mass is 9.84. The van der Waals surface area contributed by atoms with Crippen molar-refractivity contribution in [1.29, 1.82) is 0 Å². The summed E-state index contributed by atoms with van der Waals surface area (Å²) in [5, 5.41) is 10.5. The normalized spacial score (nSPS) is 20.7. The molecule has 100 valence electrons. The van der Waals surface area contributed by atoms with Crippen LogP contribution in [0, 0.1) is 5.82 Å². The Morgan fingerprint density at radius 1 is 1.44 bits per heavy atom. The van der Waals surface area contributed by atoms with Crippen LogP contribution in [0.15, 0.2) is 22.7 Å². The molecular formula is C13H16BrFO3. The molecule has 0 spiro atoms. The number of ether oxygens (including phenoxy) is 2.